The normalized spacial score (nSPS) is 16.4. The van der Waals surface area contributed by atoms with E-state index in [0.717, 1.165) is 11.7 Å². The third-order valence-corrected chi connectivity index (χ3v) is 3.92. The van der Waals surface area contributed by atoms with Crippen molar-refractivity contribution in [3.8, 4) is 11.8 Å². The zero-order chi connectivity index (χ0) is 10.2. The molecule has 0 atom stereocenters. The summed E-state index contributed by atoms with van der Waals surface area (Å²) in [6.07, 6.45) is 6.71. The van der Waals surface area contributed by atoms with E-state index in [1.165, 1.54) is 25.7 Å². The van der Waals surface area contributed by atoms with E-state index in [-0.39, 0.29) is 0 Å². The largest absolute Gasteiger partial charge is 0.299 e. The van der Waals surface area contributed by atoms with E-state index in [4.69, 9.17) is 0 Å². The molecule has 78 valence electrons. The molecule has 0 amide bonds. The highest BCUT2D eigenvalue weighted by Crippen LogP contribution is 2.29. The maximum Gasteiger partial charge on any atom is 0.143 e. The van der Waals surface area contributed by atoms with E-state index in [2.05, 4.69) is 11.8 Å². The van der Waals surface area contributed by atoms with E-state index in [1.807, 2.05) is 18.7 Å². The van der Waals surface area contributed by atoms with Gasteiger partial charge in [-0.2, -0.15) is 11.8 Å². The molecule has 1 aliphatic carbocycles. The van der Waals surface area contributed by atoms with Gasteiger partial charge in [0, 0.05) is 18.1 Å². The monoisotopic (exact) mass is 210 g/mol. The summed E-state index contributed by atoms with van der Waals surface area (Å²) in [4.78, 5) is 11.4. The quantitative estimate of drug-likeness (QED) is 0.649. The smallest absolute Gasteiger partial charge is 0.143 e. The van der Waals surface area contributed by atoms with Crippen LogP contribution in [0.5, 0.6) is 0 Å². The van der Waals surface area contributed by atoms with Crippen molar-refractivity contribution in [1.29, 1.82) is 0 Å². The van der Waals surface area contributed by atoms with Crippen LogP contribution >= 0.6 is 11.8 Å². The van der Waals surface area contributed by atoms with Gasteiger partial charge in [0.25, 0.3) is 0 Å². The molecule has 0 N–H and O–H groups in total. The van der Waals surface area contributed by atoms with Gasteiger partial charge >= 0.3 is 0 Å². The Morgan fingerprint density at radius 2 is 2.14 bits per heavy atom. The van der Waals surface area contributed by atoms with Crippen molar-refractivity contribution >= 4 is 17.5 Å². The van der Waals surface area contributed by atoms with Crippen LogP contribution in [0.15, 0.2) is 0 Å². The first kappa shape index (κ1) is 11.7. The van der Waals surface area contributed by atoms with Crippen LogP contribution in [-0.2, 0) is 4.79 Å². The Kier molecular flexibility index (Phi) is 5.78. The molecule has 0 aromatic rings. The Bertz CT molecular complexity index is 230. The first-order valence-corrected chi connectivity index (χ1v) is 6.40. The molecular weight excluding hydrogens is 192 g/mol. The number of carbonyl (C=O) groups excluding carboxylic acids is 1. The van der Waals surface area contributed by atoms with E-state index in [1.54, 1.807) is 0 Å². The number of ketones is 1. The minimum Gasteiger partial charge on any atom is -0.299 e. The highest BCUT2D eigenvalue weighted by molar-refractivity contribution is 8.00. The molecule has 0 aliphatic heterocycles. The fourth-order valence-corrected chi connectivity index (χ4v) is 2.90. The summed E-state index contributed by atoms with van der Waals surface area (Å²) >= 11 is 1.85. The Morgan fingerprint density at radius 1 is 1.43 bits per heavy atom. The SMILES string of the molecule is CC#CCCC(=O)CSC1CCCC1. The topological polar surface area (TPSA) is 17.1 Å². The molecule has 2 heteroatoms. The van der Waals surface area contributed by atoms with Gasteiger partial charge < -0.3 is 0 Å². The summed E-state index contributed by atoms with van der Waals surface area (Å²) < 4.78 is 0. The fraction of sp³-hybridized carbons (Fsp3) is 0.750. The highest BCUT2D eigenvalue weighted by Gasteiger charge is 2.16. The third kappa shape index (κ3) is 4.72. The van der Waals surface area contributed by atoms with E-state index >= 15 is 0 Å². The van der Waals surface area contributed by atoms with E-state index in [0.29, 0.717) is 18.0 Å². The molecule has 0 saturated heterocycles. The third-order valence-electron chi connectivity index (χ3n) is 2.49. The average molecular weight is 210 g/mol. The predicted molar refractivity (Wildman–Crippen MR) is 62.4 cm³/mol. The highest BCUT2D eigenvalue weighted by atomic mass is 32.2. The molecule has 1 rings (SSSR count). The van der Waals surface area contributed by atoms with Crippen LogP contribution in [0.2, 0.25) is 0 Å². The van der Waals surface area contributed by atoms with Gasteiger partial charge in [-0.3, -0.25) is 4.79 Å². The Morgan fingerprint density at radius 3 is 2.79 bits per heavy atom. The summed E-state index contributed by atoms with van der Waals surface area (Å²) in [5.74, 6) is 6.81. The molecular formula is C12H18OS. The fourth-order valence-electron chi connectivity index (χ4n) is 1.66. The summed E-state index contributed by atoms with van der Waals surface area (Å²) in [7, 11) is 0. The molecule has 0 heterocycles. The van der Waals surface area contributed by atoms with E-state index < -0.39 is 0 Å². The Labute approximate surface area is 91.0 Å². The summed E-state index contributed by atoms with van der Waals surface area (Å²) in [5.41, 5.74) is 0. The zero-order valence-corrected chi connectivity index (χ0v) is 9.66. The number of thioether (sulfide) groups is 1. The molecule has 14 heavy (non-hydrogen) atoms. The summed E-state index contributed by atoms with van der Waals surface area (Å²) in [5, 5.41) is 0.760. The van der Waals surface area contributed by atoms with Gasteiger partial charge in [0.2, 0.25) is 0 Å². The number of hydrogen-bond donors (Lipinski definition) is 0. The van der Waals surface area contributed by atoms with Crippen molar-refractivity contribution in [2.75, 3.05) is 5.75 Å². The molecule has 0 radical (unpaired) electrons. The van der Waals surface area contributed by atoms with Crippen LogP contribution < -0.4 is 0 Å². The molecule has 0 spiro atoms. The van der Waals surface area contributed by atoms with Gasteiger partial charge in [-0.25, -0.2) is 0 Å². The average Bonchev–Trinajstić information content (AvgIpc) is 2.68. The standard InChI is InChI=1S/C12H18OS/c1-2-3-4-7-11(13)10-14-12-8-5-6-9-12/h12H,4-10H2,1H3. The predicted octanol–water partition coefficient (Wildman–Crippen LogP) is 3.03. The molecule has 0 aromatic heterocycles. The molecule has 0 aromatic carbocycles. The van der Waals surface area contributed by atoms with Crippen molar-refractivity contribution in [3.63, 3.8) is 0 Å². The summed E-state index contributed by atoms with van der Waals surface area (Å²) in [6.45, 7) is 1.82. The number of Topliss-reactive ketones (excluding diaryl/α,β-unsaturated/α-hetero) is 1. The maximum atomic E-state index is 11.4. The molecule has 1 fully saturated rings. The second kappa shape index (κ2) is 6.95. The number of rotatable bonds is 5. The van der Waals surface area contributed by atoms with Crippen molar-refractivity contribution in [2.24, 2.45) is 0 Å². The van der Waals surface area contributed by atoms with Gasteiger partial charge in [0.1, 0.15) is 5.78 Å². The Hall–Kier alpha value is -0.420. The lowest BCUT2D eigenvalue weighted by molar-refractivity contribution is -0.116. The minimum absolute atomic E-state index is 0.365. The first-order valence-electron chi connectivity index (χ1n) is 5.36. The lowest BCUT2D eigenvalue weighted by Crippen LogP contribution is -2.05. The van der Waals surface area contributed by atoms with Crippen molar-refractivity contribution in [1.82, 2.24) is 0 Å². The van der Waals surface area contributed by atoms with Crippen LogP contribution in [0, 0.1) is 11.8 Å². The zero-order valence-electron chi connectivity index (χ0n) is 8.84. The number of carbonyl (C=O) groups is 1. The number of hydrogen-bond acceptors (Lipinski definition) is 2. The van der Waals surface area contributed by atoms with Crippen LogP contribution in [0.25, 0.3) is 0 Å². The molecule has 1 saturated carbocycles. The molecule has 1 aliphatic rings. The van der Waals surface area contributed by atoms with Crippen molar-refractivity contribution < 1.29 is 4.79 Å². The lowest BCUT2D eigenvalue weighted by Gasteiger charge is -2.06. The van der Waals surface area contributed by atoms with Gasteiger partial charge in [-0.1, -0.05) is 12.8 Å². The molecule has 0 unspecified atom stereocenters. The van der Waals surface area contributed by atoms with Crippen LogP contribution in [0.4, 0.5) is 0 Å². The molecule has 1 nitrogen and oxygen atoms in total. The first-order chi connectivity index (χ1) is 6.83. The van der Waals surface area contributed by atoms with Crippen LogP contribution in [-0.4, -0.2) is 16.8 Å². The van der Waals surface area contributed by atoms with Gasteiger partial charge in [-0.05, 0) is 19.8 Å². The molecule has 0 bridgehead atoms. The lowest BCUT2D eigenvalue weighted by atomic mass is 10.2. The van der Waals surface area contributed by atoms with Crippen molar-refractivity contribution in [3.05, 3.63) is 0 Å². The van der Waals surface area contributed by atoms with Crippen LogP contribution in [0.1, 0.15) is 45.4 Å². The Balaban J connectivity index is 2.04. The second-order valence-electron chi connectivity index (χ2n) is 3.68. The van der Waals surface area contributed by atoms with Crippen molar-refractivity contribution in [2.45, 2.75) is 50.7 Å². The van der Waals surface area contributed by atoms with Gasteiger partial charge in [-0.15, -0.1) is 11.8 Å². The van der Waals surface area contributed by atoms with Gasteiger partial charge in [0.05, 0.1) is 5.75 Å². The summed E-state index contributed by atoms with van der Waals surface area (Å²) in [6, 6.07) is 0. The second-order valence-corrected chi connectivity index (χ2v) is 4.97. The maximum absolute atomic E-state index is 11.4. The minimum atomic E-state index is 0.365. The van der Waals surface area contributed by atoms with E-state index in [9.17, 15) is 4.79 Å². The van der Waals surface area contributed by atoms with Crippen LogP contribution in [0.3, 0.4) is 0 Å². The van der Waals surface area contributed by atoms with Gasteiger partial charge in [0.15, 0.2) is 0 Å².